The maximum absolute atomic E-state index is 12.4. The number of hydrogen-bond donors (Lipinski definition) is 4. The number of anilines is 1. The Morgan fingerprint density at radius 3 is 2.87 bits per heavy atom. The van der Waals surface area contributed by atoms with Gasteiger partial charge in [0, 0.05) is 13.0 Å². The van der Waals surface area contributed by atoms with Crippen LogP contribution in [-0.4, -0.2) is 80.6 Å². The van der Waals surface area contributed by atoms with Gasteiger partial charge in [-0.1, -0.05) is 19.0 Å². The van der Waals surface area contributed by atoms with Gasteiger partial charge in [-0.2, -0.15) is 4.98 Å². The molecular formula is C17H24N6O7. The van der Waals surface area contributed by atoms with Crippen LogP contribution in [-0.2, 0) is 19.0 Å². The van der Waals surface area contributed by atoms with E-state index in [0.29, 0.717) is 0 Å². The van der Waals surface area contributed by atoms with Crippen LogP contribution < -0.4 is 10.9 Å². The normalized spacial score (nSPS) is 23.0. The molecule has 1 amide bonds. The smallest absolute Gasteiger partial charge is 0.280 e. The summed E-state index contributed by atoms with van der Waals surface area (Å²) in [6, 6.07) is 0. The molecule has 0 saturated carbocycles. The molecular weight excluding hydrogens is 400 g/mol. The Morgan fingerprint density at radius 1 is 1.47 bits per heavy atom. The Kier molecular flexibility index (Phi) is 6.77. The first-order valence-electron chi connectivity index (χ1n) is 9.27. The molecule has 2 aromatic rings. The van der Waals surface area contributed by atoms with Crippen LogP contribution in [0.4, 0.5) is 5.95 Å². The van der Waals surface area contributed by atoms with Crippen LogP contribution in [0.1, 0.15) is 20.1 Å². The van der Waals surface area contributed by atoms with Gasteiger partial charge in [0.25, 0.3) is 5.56 Å². The molecule has 1 aliphatic rings. The third-order valence-corrected chi connectivity index (χ3v) is 4.52. The van der Waals surface area contributed by atoms with Crippen molar-refractivity contribution in [1.29, 1.82) is 0 Å². The largest absolute Gasteiger partial charge is 0.411 e. The zero-order valence-electron chi connectivity index (χ0n) is 16.7. The van der Waals surface area contributed by atoms with E-state index >= 15 is 0 Å². The van der Waals surface area contributed by atoms with Gasteiger partial charge in [0.2, 0.25) is 11.9 Å². The first-order chi connectivity index (χ1) is 14.4. The molecule has 4 N–H and O–H groups in total. The van der Waals surface area contributed by atoms with Gasteiger partial charge >= 0.3 is 0 Å². The maximum Gasteiger partial charge on any atom is 0.280 e. The molecule has 0 spiro atoms. The van der Waals surface area contributed by atoms with Crippen LogP contribution in [0, 0.1) is 5.92 Å². The summed E-state index contributed by atoms with van der Waals surface area (Å²) in [5.41, 5.74) is -0.327. The molecule has 0 unspecified atom stereocenters. The second-order valence-electron chi connectivity index (χ2n) is 6.89. The number of aromatic amines is 1. The Bertz CT molecular complexity index is 985. The van der Waals surface area contributed by atoms with E-state index in [1.165, 1.54) is 18.0 Å². The van der Waals surface area contributed by atoms with Crippen LogP contribution in [0.25, 0.3) is 11.2 Å². The van der Waals surface area contributed by atoms with E-state index in [0.717, 1.165) is 0 Å². The summed E-state index contributed by atoms with van der Waals surface area (Å²) >= 11 is 0. The van der Waals surface area contributed by atoms with Crippen LogP contribution >= 0.6 is 0 Å². The average molecular weight is 424 g/mol. The summed E-state index contributed by atoms with van der Waals surface area (Å²) in [4.78, 5) is 35.2. The number of oxime groups is 1. The number of aromatic nitrogens is 4. The number of carbonyl (C=O) groups excluding carboxylic acids is 1. The predicted octanol–water partition coefficient (Wildman–Crippen LogP) is -0.534. The SMILES string of the molecule is COCCO[C@@H]1C(=NO)[C@@H](CO)O[C@H]1n1cnc2c(=O)[nH]c(NC(=O)C(C)C)nc21. The van der Waals surface area contributed by atoms with E-state index in [4.69, 9.17) is 14.2 Å². The summed E-state index contributed by atoms with van der Waals surface area (Å²) in [5, 5.41) is 24.7. The number of H-pyrrole nitrogens is 1. The fourth-order valence-corrected chi connectivity index (χ4v) is 2.97. The zero-order valence-corrected chi connectivity index (χ0v) is 16.7. The van der Waals surface area contributed by atoms with Crippen molar-refractivity contribution in [2.75, 3.05) is 32.2 Å². The number of carbonyl (C=O) groups is 1. The summed E-state index contributed by atoms with van der Waals surface area (Å²) in [6.45, 7) is 3.40. The zero-order chi connectivity index (χ0) is 21.8. The third-order valence-electron chi connectivity index (χ3n) is 4.52. The lowest BCUT2D eigenvalue weighted by Gasteiger charge is -2.20. The quantitative estimate of drug-likeness (QED) is 0.247. The molecule has 1 saturated heterocycles. The van der Waals surface area contributed by atoms with Crippen LogP contribution in [0.5, 0.6) is 0 Å². The summed E-state index contributed by atoms with van der Waals surface area (Å²) in [7, 11) is 1.51. The molecule has 0 aliphatic carbocycles. The highest BCUT2D eigenvalue weighted by Gasteiger charge is 2.44. The number of hydrogen-bond acceptors (Lipinski definition) is 10. The van der Waals surface area contributed by atoms with Crippen LogP contribution in [0.3, 0.4) is 0 Å². The molecule has 0 aromatic carbocycles. The molecule has 30 heavy (non-hydrogen) atoms. The Balaban J connectivity index is 2.01. The van der Waals surface area contributed by atoms with Crippen molar-refractivity contribution in [2.24, 2.45) is 11.1 Å². The number of aliphatic hydroxyl groups is 1. The van der Waals surface area contributed by atoms with E-state index in [9.17, 15) is 19.9 Å². The second kappa shape index (κ2) is 9.30. The van der Waals surface area contributed by atoms with Gasteiger partial charge in [0.15, 0.2) is 17.4 Å². The number of ether oxygens (including phenoxy) is 3. The van der Waals surface area contributed by atoms with Crippen molar-refractivity contribution in [2.45, 2.75) is 32.3 Å². The number of rotatable bonds is 8. The van der Waals surface area contributed by atoms with Crippen molar-refractivity contribution >= 4 is 28.7 Å². The highest BCUT2D eigenvalue weighted by molar-refractivity contribution is 5.94. The number of methoxy groups -OCH3 is 1. The van der Waals surface area contributed by atoms with Gasteiger partial charge in [-0.05, 0) is 0 Å². The molecule has 3 heterocycles. The van der Waals surface area contributed by atoms with Crippen molar-refractivity contribution in [3.63, 3.8) is 0 Å². The highest BCUT2D eigenvalue weighted by Crippen LogP contribution is 2.31. The van der Waals surface area contributed by atoms with Crippen molar-refractivity contribution in [3.05, 3.63) is 16.7 Å². The van der Waals surface area contributed by atoms with Gasteiger partial charge < -0.3 is 24.5 Å². The van der Waals surface area contributed by atoms with Crippen LogP contribution in [0.2, 0.25) is 0 Å². The van der Waals surface area contributed by atoms with Gasteiger partial charge in [-0.15, -0.1) is 0 Å². The predicted molar refractivity (Wildman–Crippen MR) is 103 cm³/mol. The third kappa shape index (κ3) is 4.18. The molecule has 3 rings (SSSR count). The number of aliphatic hydroxyl groups excluding tert-OH is 1. The monoisotopic (exact) mass is 424 g/mol. The number of nitrogens with zero attached hydrogens (tertiary/aromatic N) is 4. The molecule has 1 fully saturated rings. The van der Waals surface area contributed by atoms with E-state index in [1.807, 2.05) is 0 Å². The minimum Gasteiger partial charge on any atom is -0.411 e. The van der Waals surface area contributed by atoms with Crippen molar-refractivity contribution < 1.29 is 29.3 Å². The highest BCUT2D eigenvalue weighted by atomic mass is 16.6. The number of nitrogens with one attached hydrogen (secondary N) is 2. The summed E-state index contributed by atoms with van der Waals surface area (Å²) in [6.07, 6.45) is -1.42. The fraction of sp³-hybridized carbons (Fsp3) is 0.588. The Hall–Kier alpha value is -2.87. The molecule has 0 radical (unpaired) electrons. The molecule has 3 atom stereocenters. The van der Waals surface area contributed by atoms with E-state index in [1.54, 1.807) is 13.8 Å². The maximum atomic E-state index is 12.4. The number of amides is 1. The van der Waals surface area contributed by atoms with Gasteiger partial charge in [-0.3, -0.25) is 24.5 Å². The minimum absolute atomic E-state index is 0.0201. The van der Waals surface area contributed by atoms with Crippen molar-refractivity contribution in [3.8, 4) is 0 Å². The van der Waals surface area contributed by atoms with Crippen molar-refractivity contribution in [1.82, 2.24) is 19.5 Å². The minimum atomic E-state index is -0.933. The van der Waals surface area contributed by atoms with E-state index < -0.39 is 30.6 Å². The van der Waals surface area contributed by atoms with E-state index in [2.05, 4.69) is 25.4 Å². The lowest BCUT2D eigenvalue weighted by atomic mass is 10.1. The van der Waals surface area contributed by atoms with Gasteiger partial charge in [0.1, 0.15) is 17.9 Å². The lowest BCUT2D eigenvalue weighted by Crippen LogP contribution is -2.32. The van der Waals surface area contributed by atoms with E-state index in [-0.39, 0.29) is 47.9 Å². The Morgan fingerprint density at radius 2 is 2.23 bits per heavy atom. The lowest BCUT2D eigenvalue weighted by molar-refractivity contribution is -0.118. The topological polar surface area (TPSA) is 173 Å². The first-order valence-corrected chi connectivity index (χ1v) is 9.27. The van der Waals surface area contributed by atoms with Crippen LogP contribution in [0.15, 0.2) is 16.3 Å². The molecule has 0 bridgehead atoms. The first kappa shape index (κ1) is 21.8. The standard InChI is InChI=1S/C17H24N6O7/c1-8(2)14(25)20-17-19-13-11(15(26)21-17)18-7-23(13)16-12(29-5-4-28-3)10(22-27)9(6-24)30-16/h7-9,12,16,24,27H,4-6H2,1-3H3,(H2,19,20,21,25,26)/t9-,12-,16-/m1/s1. The number of fused-ring (bicyclic) bond motifs is 1. The fourth-order valence-electron chi connectivity index (χ4n) is 2.97. The second-order valence-corrected chi connectivity index (χ2v) is 6.89. The molecule has 13 heteroatoms. The molecule has 2 aromatic heterocycles. The Labute approximate surface area is 170 Å². The summed E-state index contributed by atoms with van der Waals surface area (Å²) in [5.74, 6) is -0.685. The molecule has 164 valence electrons. The van der Waals surface area contributed by atoms with Gasteiger partial charge in [-0.25, -0.2) is 4.98 Å². The van der Waals surface area contributed by atoms with Gasteiger partial charge in [0.05, 0.1) is 26.1 Å². The molecule has 13 nitrogen and oxygen atoms in total. The summed E-state index contributed by atoms with van der Waals surface area (Å²) < 4.78 is 17.9. The number of imidazole rings is 1. The average Bonchev–Trinajstić information content (AvgIpc) is 3.29. The molecule has 1 aliphatic heterocycles.